The van der Waals surface area contributed by atoms with Gasteiger partial charge >= 0.3 is 0 Å². The van der Waals surface area contributed by atoms with Crippen LogP contribution >= 0.6 is 39.1 Å². The van der Waals surface area contributed by atoms with Crippen molar-refractivity contribution in [2.75, 3.05) is 5.88 Å². The smallest absolute Gasteiger partial charge is 0.264 e. The molecular weight excluding hydrogens is 453 g/mol. The third-order valence-electron chi connectivity index (χ3n) is 4.07. The molecule has 3 heterocycles. The number of benzene rings is 1. The second-order valence-electron chi connectivity index (χ2n) is 5.69. The van der Waals surface area contributed by atoms with Crippen LogP contribution in [0.25, 0.3) is 28.1 Å². The van der Waals surface area contributed by atoms with E-state index in [-0.39, 0.29) is 11.4 Å². The highest BCUT2D eigenvalue weighted by Crippen LogP contribution is 2.26. The van der Waals surface area contributed by atoms with Gasteiger partial charge in [0.15, 0.2) is 5.65 Å². The molecule has 6 nitrogen and oxygen atoms in total. The van der Waals surface area contributed by atoms with Crippen LogP contribution < -0.4 is 5.56 Å². The molecule has 0 unspecified atom stereocenters. The SMILES string of the molecule is O=c1c2cnn(-c3ccc(Cl)cc3)c2nc(-c2cccnc2Br)n1CCCl. The highest BCUT2D eigenvalue weighted by Gasteiger charge is 2.18. The summed E-state index contributed by atoms with van der Waals surface area (Å²) in [5, 5.41) is 5.39. The predicted octanol–water partition coefficient (Wildman–Crippen LogP) is 4.30. The third kappa shape index (κ3) is 3.26. The van der Waals surface area contributed by atoms with Crippen LogP contribution in [-0.2, 0) is 6.54 Å². The molecule has 0 aliphatic carbocycles. The number of alkyl halides is 1. The van der Waals surface area contributed by atoms with Crippen molar-refractivity contribution in [2.45, 2.75) is 6.54 Å². The zero-order chi connectivity index (χ0) is 19.0. The monoisotopic (exact) mass is 463 g/mol. The molecule has 0 atom stereocenters. The Kier molecular flexibility index (Phi) is 4.99. The van der Waals surface area contributed by atoms with E-state index in [1.807, 2.05) is 18.2 Å². The molecular formula is C18H12BrCl2N5O. The van der Waals surface area contributed by atoms with Gasteiger partial charge in [-0.05, 0) is 52.3 Å². The summed E-state index contributed by atoms with van der Waals surface area (Å²) in [6.07, 6.45) is 3.18. The number of fused-ring (bicyclic) bond motifs is 1. The average molecular weight is 465 g/mol. The highest BCUT2D eigenvalue weighted by atomic mass is 79.9. The fourth-order valence-electron chi connectivity index (χ4n) is 2.82. The number of nitrogens with zero attached hydrogens (tertiary/aromatic N) is 5. The number of pyridine rings is 1. The first-order valence-electron chi connectivity index (χ1n) is 8.01. The lowest BCUT2D eigenvalue weighted by molar-refractivity contribution is 0.730. The summed E-state index contributed by atoms with van der Waals surface area (Å²) in [7, 11) is 0. The second kappa shape index (κ2) is 7.42. The summed E-state index contributed by atoms with van der Waals surface area (Å²) in [6.45, 7) is 0.326. The molecule has 0 saturated carbocycles. The van der Waals surface area contributed by atoms with Crippen molar-refractivity contribution in [3.05, 3.63) is 68.8 Å². The van der Waals surface area contributed by atoms with Crippen LogP contribution in [0.4, 0.5) is 0 Å². The van der Waals surface area contributed by atoms with Gasteiger partial charge in [0.1, 0.15) is 15.8 Å². The summed E-state index contributed by atoms with van der Waals surface area (Å²) in [6, 6.07) is 10.8. The lowest BCUT2D eigenvalue weighted by Gasteiger charge is -2.13. The molecule has 0 aliphatic rings. The normalized spacial score (nSPS) is 11.2. The maximum Gasteiger partial charge on any atom is 0.264 e. The van der Waals surface area contributed by atoms with Gasteiger partial charge in [-0.15, -0.1) is 11.6 Å². The van der Waals surface area contributed by atoms with E-state index >= 15 is 0 Å². The summed E-state index contributed by atoms with van der Waals surface area (Å²) < 4.78 is 3.76. The number of hydrogen-bond donors (Lipinski definition) is 0. The molecule has 0 N–H and O–H groups in total. The Labute approximate surface area is 172 Å². The molecule has 4 rings (SSSR count). The van der Waals surface area contributed by atoms with Crippen molar-refractivity contribution in [2.24, 2.45) is 0 Å². The van der Waals surface area contributed by atoms with Gasteiger partial charge in [0.25, 0.3) is 5.56 Å². The maximum absolute atomic E-state index is 13.1. The number of aromatic nitrogens is 5. The topological polar surface area (TPSA) is 65.6 Å². The van der Waals surface area contributed by atoms with E-state index in [2.05, 4.69) is 26.0 Å². The van der Waals surface area contributed by atoms with Crippen LogP contribution in [-0.4, -0.2) is 30.2 Å². The van der Waals surface area contributed by atoms with Crippen LogP contribution in [0.5, 0.6) is 0 Å². The van der Waals surface area contributed by atoms with Gasteiger partial charge < -0.3 is 0 Å². The molecule has 0 fully saturated rings. The van der Waals surface area contributed by atoms with Crippen LogP contribution in [0.2, 0.25) is 5.02 Å². The fourth-order valence-corrected chi connectivity index (χ4v) is 3.55. The molecule has 0 spiro atoms. The minimum atomic E-state index is -0.202. The summed E-state index contributed by atoms with van der Waals surface area (Å²) in [5.74, 6) is 0.757. The number of halogens is 3. The van der Waals surface area contributed by atoms with E-state index in [0.29, 0.717) is 38.6 Å². The van der Waals surface area contributed by atoms with Gasteiger partial charge in [-0.3, -0.25) is 9.36 Å². The van der Waals surface area contributed by atoms with E-state index in [4.69, 9.17) is 28.2 Å². The Bertz CT molecular complexity index is 1190. The first kappa shape index (κ1) is 18.2. The Morgan fingerprint density at radius 2 is 1.93 bits per heavy atom. The van der Waals surface area contributed by atoms with Crippen molar-refractivity contribution in [1.29, 1.82) is 0 Å². The standard InChI is InChI=1S/C18H12BrCl2N5O/c19-15-13(2-1-8-22-15)16-24-17-14(18(27)25(16)9-7-20)10-23-26(17)12-5-3-11(21)4-6-12/h1-6,8,10H,7,9H2. The van der Waals surface area contributed by atoms with Crippen molar-refractivity contribution >= 4 is 50.2 Å². The third-order valence-corrected chi connectivity index (χ3v) is 5.12. The quantitative estimate of drug-likeness (QED) is 0.333. The van der Waals surface area contributed by atoms with Gasteiger partial charge in [0.05, 0.1) is 17.4 Å². The van der Waals surface area contributed by atoms with Crippen molar-refractivity contribution in [1.82, 2.24) is 24.3 Å². The lowest BCUT2D eigenvalue weighted by Crippen LogP contribution is -2.24. The molecule has 0 bridgehead atoms. The number of hydrogen-bond acceptors (Lipinski definition) is 4. The largest absolute Gasteiger partial charge is 0.291 e. The molecule has 136 valence electrons. The maximum atomic E-state index is 13.1. The van der Waals surface area contributed by atoms with E-state index in [0.717, 1.165) is 5.69 Å². The highest BCUT2D eigenvalue weighted by molar-refractivity contribution is 9.10. The lowest BCUT2D eigenvalue weighted by atomic mass is 10.2. The molecule has 9 heteroatoms. The van der Waals surface area contributed by atoms with Crippen molar-refractivity contribution in [3.63, 3.8) is 0 Å². The van der Waals surface area contributed by atoms with Gasteiger partial charge in [-0.1, -0.05) is 11.6 Å². The molecule has 0 amide bonds. The molecule has 0 saturated heterocycles. The van der Waals surface area contributed by atoms with E-state index < -0.39 is 0 Å². The Balaban J connectivity index is 2.03. The molecule has 0 radical (unpaired) electrons. The molecule has 3 aromatic heterocycles. The zero-order valence-corrected chi connectivity index (χ0v) is 16.9. The van der Waals surface area contributed by atoms with Gasteiger partial charge in [-0.25, -0.2) is 14.6 Å². The Hall–Kier alpha value is -2.22. The van der Waals surface area contributed by atoms with Gasteiger partial charge in [0, 0.05) is 23.6 Å². The van der Waals surface area contributed by atoms with Gasteiger partial charge in [-0.2, -0.15) is 5.10 Å². The molecule has 1 aromatic carbocycles. The molecule has 4 aromatic rings. The van der Waals surface area contributed by atoms with Crippen LogP contribution in [0.1, 0.15) is 0 Å². The van der Waals surface area contributed by atoms with Crippen molar-refractivity contribution in [3.8, 4) is 17.1 Å². The summed E-state index contributed by atoms with van der Waals surface area (Å²) in [5.41, 5.74) is 1.71. The Morgan fingerprint density at radius 3 is 2.63 bits per heavy atom. The summed E-state index contributed by atoms with van der Waals surface area (Å²) in [4.78, 5) is 22.1. The second-order valence-corrected chi connectivity index (χ2v) is 7.26. The van der Waals surface area contributed by atoms with Crippen molar-refractivity contribution < 1.29 is 0 Å². The first-order valence-corrected chi connectivity index (χ1v) is 9.72. The molecule has 0 aliphatic heterocycles. The van der Waals surface area contributed by atoms with E-state index in [9.17, 15) is 4.79 Å². The zero-order valence-electron chi connectivity index (χ0n) is 13.8. The fraction of sp³-hybridized carbons (Fsp3) is 0.111. The summed E-state index contributed by atoms with van der Waals surface area (Å²) >= 11 is 15.3. The Morgan fingerprint density at radius 1 is 1.15 bits per heavy atom. The van der Waals surface area contributed by atoms with E-state index in [1.165, 1.54) is 6.20 Å². The molecule has 27 heavy (non-hydrogen) atoms. The van der Waals surface area contributed by atoms with Crippen LogP contribution in [0, 0.1) is 0 Å². The van der Waals surface area contributed by atoms with Gasteiger partial charge in [0.2, 0.25) is 0 Å². The van der Waals surface area contributed by atoms with Crippen LogP contribution in [0.3, 0.4) is 0 Å². The minimum absolute atomic E-state index is 0.202. The minimum Gasteiger partial charge on any atom is -0.291 e. The average Bonchev–Trinajstić information content (AvgIpc) is 3.09. The van der Waals surface area contributed by atoms with Crippen LogP contribution in [0.15, 0.2) is 58.2 Å². The predicted molar refractivity (Wildman–Crippen MR) is 110 cm³/mol. The van der Waals surface area contributed by atoms with E-state index in [1.54, 1.807) is 33.6 Å². The number of rotatable bonds is 4. The first-order chi connectivity index (χ1) is 13.1.